The molecule has 0 aromatic carbocycles. The molecule has 154 valence electrons. The van der Waals surface area contributed by atoms with Crippen LogP contribution in [0.4, 0.5) is 0 Å². The maximum atomic E-state index is 9.32. The van der Waals surface area contributed by atoms with Gasteiger partial charge in [0, 0.05) is 34.6 Å². The summed E-state index contributed by atoms with van der Waals surface area (Å²) in [5, 5.41) is 17.2. The van der Waals surface area contributed by atoms with Crippen LogP contribution in [-0.2, 0) is 0 Å². The van der Waals surface area contributed by atoms with Crippen molar-refractivity contribution >= 4 is 5.65 Å². The first-order chi connectivity index (χ1) is 14.7. The van der Waals surface area contributed by atoms with Crippen LogP contribution in [0.2, 0.25) is 0 Å². The number of nitrogens with one attached hydrogen (secondary N) is 1. The van der Waals surface area contributed by atoms with Gasteiger partial charge in [-0.2, -0.15) is 10.4 Å². The SMILES string of the molecule is CC.CC.Cc1cccc(-c2n[nH]c(C3CC3)c2-c2ccc3ncc(C#N)n3c2)n1. The van der Waals surface area contributed by atoms with Crippen molar-refractivity contribution in [3.05, 3.63) is 59.8 Å². The van der Waals surface area contributed by atoms with Gasteiger partial charge >= 0.3 is 0 Å². The monoisotopic (exact) mass is 400 g/mol. The predicted octanol–water partition coefficient (Wildman–Crippen LogP) is 5.90. The Hall–Kier alpha value is -3.46. The second kappa shape index (κ2) is 9.36. The molecule has 6 nitrogen and oxygen atoms in total. The average molecular weight is 401 g/mol. The lowest BCUT2D eigenvalue weighted by Gasteiger charge is -2.07. The van der Waals surface area contributed by atoms with E-state index in [9.17, 15) is 5.26 Å². The van der Waals surface area contributed by atoms with Crippen LogP contribution in [0, 0.1) is 18.3 Å². The molecule has 0 aliphatic heterocycles. The van der Waals surface area contributed by atoms with Crippen molar-refractivity contribution in [2.45, 2.75) is 53.4 Å². The Labute approximate surface area is 177 Å². The van der Waals surface area contributed by atoms with Crippen molar-refractivity contribution in [2.24, 2.45) is 0 Å². The molecule has 1 saturated carbocycles. The fourth-order valence-corrected chi connectivity index (χ4v) is 3.39. The molecule has 4 aromatic rings. The van der Waals surface area contributed by atoms with Crippen LogP contribution in [0.25, 0.3) is 28.2 Å². The molecule has 0 atom stereocenters. The summed E-state index contributed by atoms with van der Waals surface area (Å²) in [7, 11) is 0. The Balaban J connectivity index is 0.000000606. The van der Waals surface area contributed by atoms with Crippen LogP contribution in [0.5, 0.6) is 0 Å². The Kier molecular flexibility index (Phi) is 6.63. The van der Waals surface area contributed by atoms with Gasteiger partial charge in [0.1, 0.15) is 23.1 Å². The highest BCUT2D eigenvalue weighted by Gasteiger charge is 2.31. The van der Waals surface area contributed by atoms with E-state index in [0.29, 0.717) is 11.6 Å². The van der Waals surface area contributed by atoms with Gasteiger partial charge in [-0.25, -0.2) is 4.98 Å². The predicted molar refractivity (Wildman–Crippen MR) is 120 cm³/mol. The third kappa shape index (κ3) is 3.97. The lowest BCUT2D eigenvalue weighted by atomic mass is 10.0. The van der Waals surface area contributed by atoms with Gasteiger partial charge in [0.2, 0.25) is 0 Å². The highest BCUT2D eigenvalue weighted by molar-refractivity contribution is 5.82. The summed E-state index contributed by atoms with van der Waals surface area (Å²) in [6, 6.07) is 12.1. The van der Waals surface area contributed by atoms with E-state index >= 15 is 0 Å². The molecular formula is C24H28N6. The van der Waals surface area contributed by atoms with Gasteiger partial charge in [0.15, 0.2) is 0 Å². The number of nitrogens with zero attached hydrogens (tertiary/aromatic N) is 5. The molecule has 0 unspecified atom stereocenters. The summed E-state index contributed by atoms with van der Waals surface area (Å²) in [6.45, 7) is 9.98. The van der Waals surface area contributed by atoms with Crippen LogP contribution in [0.15, 0.2) is 42.7 Å². The Morgan fingerprint density at radius 2 is 1.87 bits per heavy atom. The summed E-state index contributed by atoms with van der Waals surface area (Å²) in [5.74, 6) is 0.519. The van der Waals surface area contributed by atoms with Crippen LogP contribution < -0.4 is 0 Å². The van der Waals surface area contributed by atoms with Crippen molar-refractivity contribution in [3.63, 3.8) is 0 Å². The van der Waals surface area contributed by atoms with E-state index < -0.39 is 0 Å². The van der Waals surface area contributed by atoms with Gasteiger partial charge < -0.3 is 0 Å². The molecule has 30 heavy (non-hydrogen) atoms. The minimum atomic E-state index is 0.519. The van der Waals surface area contributed by atoms with Gasteiger partial charge in [-0.05, 0) is 44.0 Å². The highest BCUT2D eigenvalue weighted by Crippen LogP contribution is 2.46. The number of aryl methyl sites for hydroxylation is 1. The van der Waals surface area contributed by atoms with Crippen molar-refractivity contribution in [1.29, 1.82) is 5.26 Å². The van der Waals surface area contributed by atoms with E-state index in [2.05, 4.69) is 26.2 Å². The zero-order valence-corrected chi connectivity index (χ0v) is 18.3. The van der Waals surface area contributed by atoms with E-state index in [1.165, 1.54) is 12.8 Å². The Bertz CT molecular complexity index is 1170. The van der Waals surface area contributed by atoms with E-state index in [4.69, 9.17) is 0 Å². The molecule has 0 amide bonds. The van der Waals surface area contributed by atoms with Crippen LogP contribution in [0.1, 0.15) is 63.5 Å². The van der Waals surface area contributed by atoms with Crippen molar-refractivity contribution in [1.82, 2.24) is 24.6 Å². The number of fused-ring (bicyclic) bond motifs is 1. The van der Waals surface area contributed by atoms with Gasteiger partial charge in [-0.1, -0.05) is 33.8 Å². The number of imidazole rings is 1. The first-order valence-corrected chi connectivity index (χ1v) is 10.6. The maximum Gasteiger partial charge on any atom is 0.144 e. The highest BCUT2D eigenvalue weighted by atomic mass is 15.1. The zero-order chi connectivity index (χ0) is 21.7. The van der Waals surface area contributed by atoms with Gasteiger partial charge in [0.05, 0.1) is 11.9 Å². The number of hydrogen-bond donors (Lipinski definition) is 1. The van der Waals surface area contributed by atoms with Crippen molar-refractivity contribution < 1.29 is 0 Å². The summed E-state index contributed by atoms with van der Waals surface area (Å²) >= 11 is 0. The molecule has 0 spiro atoms. The number of rotatable bonds is 3. The minimum absolute atomic E-state index is 0.519. The lowest BCUT2D eigenvalue weighted by molar-refractivity contribution is 0.966. The molecule has 1 aliphatic rings. The Morgan fingerprint density at radius 3 is 2.53 bits per heavy atom. The normalized spacial score (nSPS) is 12.4. The van der Waals surface area contributed by atoms with E-state index in [0.717, 1.165) is 39.5 Å². The minimum Gasteiger partial charge on any atom is -0.291 e. The van der Waals surface area contributed by atoms with E-state index in [1.54, 1.807) is 6.20 Å². The number of pyridine rings is 2. The number of aromatic amines is 1. The number of aromatic nitrogens is 5. The number of nitriles is 1. The van der Waals surface area contributed by atoms with Crippen LogP contribution >= 0.6 is 0 Å². The number of hydrogen-bond acceptors (Lipinski definition) is 4. The summed E-state index contributed by atoms with van der Waals surface area (Å²) in [5.41, 5.74) is 7.20. The summed E-state index contributed by atoms with van der Waals surface area (Å²) in [4.78, 5) is 8.93. The molecule has 1 N–H and O–H groups in total. The second-order valence-corrected chi connectivity index (χ2v) is 6.70. The molecule has 0 bridgehead atoms. The zero-order valence-electron chi connectivity index (χ0n) is 18.3. The molecule has 1 aliphatic carbocycles. The number of H-pyrrole nitrogens is 1. The molecule has 0 saturated heterocycles. The molecule has 0 radical (unpaired) electrons. The molecule has 4 heterocycles. The fraction of sp³-hybridized carbons (Fsp3) is 0.333. The summed E-state index contributed by atoms with van der Waals surface area (Å²) in [6.07, 6.45) is 5.91. The van der Waals surface area contributed by atoms with Gasteiger partial charge in [-0.3, -0.25) is 14.5 Å². The average Bonchev–Trinajstić information content (AvgIpc) is 3.41. The van der Waals surface area contributed by atoms with E-state index in [1.807, 2.05) is 75.5 Å². The standard InChI is InChI=1S/C20H16N6.2C2H6/c1-12-3-2-4-16(23-12)20-18(19(24-25-20)13-5-6-13)14-7-8-17-22-10-15(9-21)26(17)11-14;2*1-2/h2-4,7-8,10-11,13H,5-6H2,1H3,(H,24,25);2*1-2H3. The van der Waals surface area contributed by atoms with Gasteiger partial charge in [0.25, 0.3) is 0 Å². The molecular weight excluding hydrogens is 372 g/mol. The summed E-state index contributed by atoms with van der Waals surface area (Å²) < 4.78 is 1.83. The second-order valence-electron chi connectivity index (χ2n) is 6.70. The fourth-order valence-electron chi connectivity index (χ4n) is 3.39. The lowest BCUT2D eigenvalue weighted by Crippen LogP contribution is -1.94. The first-order valence-electron chi connectivity index (χ1n) is 10.6. The maximum absolute atomic E-state index is 9.32. The Morgan fingerprint density at radius 1 is 1.10 bits per heavy atom. The third-order valence-electron chi connectivity index (χ3n) is 4.82. The van der Waals surface area contributed by atoms with Crippen molar-refractivity contribution in [2.75, 3.05) is 0 Å². The molecule has 1 fully saturated rings. The molecule has 6 heteroatoms. The van der Waals surface area contributed by atoms with Gasteiger partial charge in [-0.15, -0.1) is 0 Å². The third-order valence-corrected chi connectivity index (χ3v) is 4.82. The van der Waals surface area contributed by atoms with E-state index in [-0.39, 0.29) is 0 Å². The molecule has 5 rings (SSSR count). The smallest absolute Gasteiger partial charge is 0.144 e. The topological polar surface area (TPSA) is 82.7 Å². The van der Waals surface area contributed by atoms with Crippen LogP contribution in [0.3, 0.4) is 0 Å². The quantitative estimate of drug-likeness (QED) is 0.464. The first kappa shape index (κ1) is 21.3. The molecule has 4 aromatic heterocycles. The largest absolute Gasteiger partial charge is 0.291 e. The van der Waals surface area contributed by atoms with Crippen LogP contribution in [-0.4, -0.2) is 24.6 Å². The van der Waals surface area contributed by atoms with Crippen molar-refractivity contribution in [3.8, 4) is 28.6 Å².